The van der Waals surface area contributed by atoms with Gasteiger partial charge in [-0.2, -0.15) is 5.10 Å². The number of aliphatic hydroxyl groups is 1. The highest BCUT2D eigenvalue weighted by Crippen LogP contribution is 2.68. The van der Waals surface area contributed by atoms with Gasteiger partial charge in [-0.3, -0.25) is 4.79 Å². The molecule has 0 spiro atoms. The van der Waals surface area contributed by atoms with Crippen molar-refractivity contribution in [3.05, 3.63) is 77.0 Å². The van der Waals surface area contributed by atoms with Crippen molar-refractivity contribution in [1.82, 2.24) is 14.7 Å². The first-order valence-corrected chi connectivity index (χ1v) is 16.8. The molecule has 8 rings (SSSR count). The highest BCUT2D eigenvalue weighted by Gasteiger charge is 2.66. The maximum absolute atomic E-state index is 13.2. The van der Waals surface area contributed by atoms with Crippen LogP contribution in [-0.2, 0) is 15.9 Å². The van der Waals surface area contributed by atoms with Gasteiger partial charge in [0.25, 0.3) is 5.91 Å². The first-order valence-electron chi connectivity index (χ1n) is 16.8. The average molecular weight is 626 g/mol. The van der Waals surface area contributed by atoms with Crippen molar-refractivity contribution in [3.8, 4) is 5.69 Å². The van der Waals surface area contributed by atoms with Crippen molar-refractivity contribution in [1.29, 1.82) is 0 Å². The number of rotatable bonds is 4. The van der Waals surface area contributed by atoms with Gasteiger partial charge in [0.15, 0.2) is 0 Å². The number of hydrogen-bond donors (Lipinski definition) is 1. The van der Waals surface area contributed by atoms with Crippen LogP contribution in [-0.4, -0.2) is 69.7 Å². The van der Waals surface area contributed by atoms with Crippen LogP contribution < -0.4 is 0 Å². The molecule has 1 amide bonds. The summed E-state index contributed by atoms with van der Waals surface area (Å²) in [6, 6.07) is 11.1. The summed E-state index contributed by atoms with van der Waals surface area (Å²) in [5.74, 6) is 0.604. The number of aliphatic hydroxyl groups excluding tert-OH is 1. The monoisotopic (exact) mass is 625 g/mol. The zero-order chi connectivity index (χ0) is 31.8. The summed E-state index contributed by atoms with van der Waals surface area (Å²) < 4.78 is 19.0. The lowest BCUT2D eigenvalue weighted by molar-refractivity contribution is -0.165. The van der Waals surface area contributed by atoms with Gasteiger partial charge >= 0.3 is 5.97 Å². The number of furan rings is 1. The molecule has 9 nitrogen and oxygen atoms in total. The van der Waals surface area contributed by atoms with Crippen LogP contribution in [0.5, 0.6) is 0 Å². The van der Waals surface area contributed by atoms with Gasteiger partial charge in [0, 0.05) is 24.1 Å². The van der Waals surface area contributed by atoms with Crippen LogP contribution in [0.15, 0.2) is 58.8 Å². The van der Waals surface area contributed by atoms with E-state index in [1.807, 2.05) is 40.0 Å². The lowest BCUT2D eigenvalue weighted by Crippen LogP contribution is -2.60. The molecule has 1 aromatic carbocycles. The van der Waals surface area contributed by atoms with E-state index in [4.69, 9.17) is 19.0 Å². The van der Waals surface area contributed by atoms with E-state index >= 15 is 0 Å². The zero-order valence-corrected chi connectivity index (χ0v) is 26.9. The van der Waals surface area contributed by atoms with Crippen molar-refractivity contribution in [2.45, 2.75) is 71.0 Å². The smallest absolute Gasteiger partial charge is 0.374 e. The standard InChI is InChI=1S/C37H43N3O6/c1-35-20-24-22-38-40(26-7-4-6-23(18-26)33(42)39-13-16-44-17-14-39)29(24)19-25(35)9-10-27-28-11-12-37(3,36(28,2)21-30(41)32(27)35)46-34(43)31-8-5-15-45-31/h4-8,15,18-19,22,27-28,30,32,41H,9-14,16-17,20-21H2,1-3H3/t27-,28-,30-,32+,35-,36-,37+/m0/s1. The molecule has 5 aliphatic rings. The van der Waals surface area contributed by atoms with E-state index in [-0.39, 0.29) is 28.4 Å². The number of amides is 1. The van der Waals surface area contributed by atoms with Crippen LogP contribution in [0.1, 0.15) is 85.0 Å². The second-order valence-electron chi connectivity index (χ2n) is 14.8. The molecule has 2 aromatic heterocycles. The third kappa shape index (κ3) is 4.38. The molecule has 3 heterocycles. The van der Waals surface area contributed by atoms with E-state index in [0.717, 1.165) is 43.5 Å². The summed E-state index contributed by atoms with van der Waals surface area (Å²) in [7, 11) is 0. The molecule has 0 radical (unpaired) electrons. The topological polar surface area (TPSA) is 107 Å². The van der Waals surface area contributed by atoms with Crippen LogP contribution in [0.2, 0.25) is 0 Å². The minimum Gasteiger partial charge on any atom is -0.457 e. The number of benzene rings is 1. The van der Waals surface area contributed by atoms with Gasteiger partial charge in [0.05, 0.1) is 43.2 Å². The largest absolute Gasteiger partial charge is 0.457 e. The van der Waals surface area contributed by atoms with Gasteiger partial charge in [-0.15, -0.1) is 0 Å². The van der Waals surface area contributed by atoms with E-state index in [2.05, 4.69) is 26.8 Å². The Morgan fingerprint density at radius 3 is 2.70 bits per heavy atom. The number of carbonyl (C=O) groups is 2. The predicted octanol–water partition coefficient (Wildman–Crippen LogP) is 5.71. The zero-order valence-electron chi connectivity index (χ0n) is 26.9. The third-order valence-corrected chi connectivity index (χ3v) is 12.6. The molecular weight excluding hydrogens is 582 g/mol. The number of nitrogens with zero attached hydrogens (tertiary/aromatic N) is 3. The van der Waals surface area contributed by atoms with Crippen molar-refractivity contribution < 1.29 is 28.6 Å². The van der Waals surface area contributed by atoms with E-state index in [1.54, 1.807) is 12.1 Å². The van der Waals surface area contributed by atoms with Crippen LogP contribution >= 0.6 is 0 Å². The third-order valence-electron chi connectivity index (χ3n) is 12.6. The van der Waals surface area contributed by atoms with Crippen molar-refractivity contribution >= 4 is 18.0 Å². The van der Waals surface area contributed by atoms with E-state index in [1.165, 1.54) is 17.4 Å². The number of ether oxygens (including phenoxy) is 2. The number of aromatic nitrogens is 2. The van der Waals surface area contributed by atoms with Crippen molar-refractivity contribution in [3.63, 3.8) is 0 Å². The normalized spacial score (nSPS) is 35.0. The minimum atomic E-state index is -0.677. The molecular formula is C37H43N3O6. The molecule has 242 valence electrons. The number of fused-ring (bicyclic) bond motifs is 6. The molecule has 1 N–H and O–H groups in total. The van der Waals surface area contributed by atoms with E-state index in [0.29, 0.717) is 50.1 Å². The van der Waals surface area contributed by atoms with Crippen LogP contribution in [0.3, 0.4) is 0 Å². The van der Waals surface area contributed by atoms with Gasteiger partial charge < -0.3 is 23.9 Å². The second-order valence-corrected chi connectivity index (χ2v) is 14.8. The minimum absolute atomic E-state index is 0.0208. The van der Waals surface area contributed by atoms with Gasteiger partial charge in [0.2, 0.25) is 5.76 Å². The van der Waals surface area contributed by atoms with Gasteiger partial charge in [-0.25, -0.2) is 9.48 Å². The molecule has 9 heteroatoms. The Hall–Kier alpha value is -3.69. The summed E-state index contributed by atoms with van der Waals surface area (Å²) in [5, 5.41) is 16.9. The Morgan fingerprint density at radius 2 is 1.91 bits per heavy atom. The molecule has 1 saturated heterocycles. The van der Waals surface area contributed by atoms with Crippen LogP contribution in [0.4, 0.5) is 0 Å². The van der Waals surface area contributed by atoms with Crippen LogP contribution in [0.25, 0.3) is 11.8 Å². The second kappa shape index (κ2) is 10.7. The fourth-order valence-electron chi connectivity index (χ4n) is 10.1. The summed E-state index contributed by atoms with van der Waals surface area (Å²) in [6.45, 7) is 8.98. The Kier molecular flexibility index (Phi) is 6.89. The quantitative estimate of drug-likeness (QED) is 0.371. The fraction of sp³-hybridized carbons (Fsp3) is 0.541. The lowest BCUT2D eigenvalue weighted by atomic mass is 9.45. The van der Waals surface area contributed by atoms with Crippen molar-refractivity contribution in [2.24, 2.45) is 28.6 Å². The first-order chi connectivity index (χ1) is 22.1. The SMILES string of the molecule is C[C@]12Cc3cnn(-c4cccc(C(=O)N5CCOCC5)c4)c3C=C1CC[C@@H]1[C@@H]2[C@@H](O)C[C@@]2(C)[C@H]1CC[C@@]2(C)OC(=O)c1ccco1. The molecule has 3 aromatic rings. The molecule has 1 aliphatic heterocycles. The first kappa shape index (κ1) is 29.7. The highest BCUT2D eigenvalue weighted by molar-refractivity contribution is 5.95. The molecule has 4 fully saturated rings. The summed E-state index contributed by atoms with van der Waals surface area (Å²) in [6.07, 6.45) is 10.4. The lowest BCUT2D eigenvalue weighted by Gasteiger charge is -2.60. The van der Waals surface area contributed by atoms with E-state index in [9.17, 15) is 14.7 Å². The number of allylic oxidation sites excluding steroid dienone is 1. The molecule has 3 saturated carbocycles. The van der Waals surface area contributed by atoms with Gasteiger partial charge in [-0.1, -0.05) is 25.5 Å². The Labute approximate surface area is 269 Å². The van der Waals surface area contributed by atoms with Gasteiger partial charge in [-0.05, 0) is 111 Å². The summed E-state index contributed by atoms with van der Waals surface area (Å²) in [5.41, 5.74) is 3.93. The number of carbonyl (C=O) groups excluding carboxylic acids is 2. The Morgan fingerprint density at radius 1 is 1.09 bits per heavy atom. The molecule has 0 unspecified atom stereocenters. The fourth-order valence-corrected chi connectivity index (χ4v) is 10.1. The molecule has 7 atom stereocenters. The average Bonchev–Trinajstić information content (AvgIpc) is 3.78. The highest BCUT2D eigenvalue weighted by atomic mass is 16.6. The Bertz CT molecular complexity index is 1700. The summed E-state index contributed by atoms with van der Waals surface area (Å²) in [4.78, 5) is 28.1. The number of esters is 1. The predicted molar refractivity (Wildman–Crippen MR) is 170 cm³/mol. The maximum atomic E-state index is 13.2. The van der Waals surface area contributed by atoms with Gasteiger partial charge in [0.1, 0.15) is 5.60 Å². The molecule has 4 aliphatic carbocycles. The number of hydrogen-bond acceptors (Lipinski definition) is 7. The number of morpholine rings is 1. The summed E-state index contributed by atoms with van der Waals surface area (Å²) >= 11 is 0. The molecule has 0 bridgehead atoms. The van der Waals surface area contributed by atoms with Crippen molar-refractivity contribution in [2.75, 3.05) is 26.3 Å². The Balaban J connectivity index is 1.06. The van der Waals surface area contributed by atoms with E-state index < -0.39 is 17.7 Å². The molecule has 46 heavy (non-hydrogen) atoms. The maximum Gasteiger partial charge on any atom is 0.374 e. The van der Waals surface area contributed by atoms with Crippen LogP contribution in [0, 0.1) is 28.6 Å².